The molecule has 170 valence electrons. The summed E-state index contributed by atoms with van der Waals surface area (Å²) in [6.45, 7) is 1.07. The Labute approximate surface area is 177 Å². The number of amides is 4. The van der Waals surface area contributed by atoms with Gasteiger partial charge < -0.3 is 20.8 Å². The van der Waals surface area contributed by atoms with E-state index >= 15 is 0 Å². The highest BCUT2D eigenvalue weighted by Crippen LogP contribution is 2.14. The van der Waals surface area contributed by atoms with Crippen molar-refractivity contribution >= 4 is 23.6 Å². The third kappa shape index (κ3) is 6.83. The molecule has 0 aliphatic carbocycles. The van der Waals surface area contributed by atoms with Crippen molar-refractivity contribution in [3.63, 3.8) is 0 Å². The molecule has 10 nitrogen and oxygen atoms in total. The van der Waals surface area contributed by atoms with Gasteiger partial charge in [0.05, 0.1) is 51.2 Å². The van der Waals surface area contributed by atoms with E-state index in [9.17, 15) is 19.2 Å². The fourth-order valence-electron chi connectivity index (χ4n) is 3.86. The lowest BCUT2D eigenvalue weighted by molar-refractivity contribution is -0.140. The summed E-state index contributed by atoms with van der Waals surface area (Å²) in [5.41, 5.74) is 0. The molecule has 2 rings (SSSR count). The summed E-state index contributed by atoms with van der Waals surface area (Å²) in [6, 6.07) is -0.929. The highest BCUT2D eigenvalue weighted by molar-refractivity contribution is 6.06. The van der Waals surface area contributed by atoms with Crippen molar-refractivity contribution in [1.82, 2.24) is 20.4 Å². The summed E-state index contributed by atoms with van der Waals surface area (Å²) in [5, 5.41) is 24.1. The van der Waals surface area contributed by atoms with Crippen molar-refractivity contribution in [2.24, 2.45) is 0 Å². The Morgan fingerprint density at radius 1 is 0.667 bits per heavy atom. The lowest BCUT2D eigenvalue weighted by Crippen LogP contribution is -2.40. The molecule has 10 heteroatoms. The average molecular weight is 427 g/mol. The number of nitrogens with one attached hydrogen (secondary N) is 2. The summed E-state index contributed by atoms with van der Waals surface area (Å²) in [4.78, 5) is 49.7. The molecule has 2 saturated heterocycles. The molecule has 30 heavy (non-hydrogen) atoms. The molecule has 0 bridgehead atoms. The van der Waals surface area contributed by atoms with Gasteiger partial charge in [0.15, 0.2) is 0 Å². The fraction of sp³-hybridized carbons (Fsp3) is 0.800. The van der Waals surface area contributed by atoms with Crippen LogP contribution in [0.5, 0.6) is 0 Å². The van der Waals surface area contributed by atoms with Crippen LogP contribution in [0.4, 0.5) is 0 Å². The topological polar surface area (TPSA) is 139 Å². The number of carbonyl (C=O) groups excluding carboxylic acids is 4. The first-order valence-electron chi connectivity index (χ1n) is 10.9. The van der Waals surface area contributed by atoms with Gasteiger partial charge >= 0.3 is 0 Å². The first kappa shape index (κ1) is 24.4. The van der Waals surface area contributed by atoms with Crippen molar-refractivity contribution in [3.05, 3.63) is 0 Å². The molecule has 2 fully saturated rings. The van der Waals surface area contributed by atoms with E-state index in [4.69, 9.17) is 10.2 Å². The molecule has 2 atom stereocenters. The van der Waals surface area contributed by atoms with E-state index < -0.39 is 12.1 Å². The Hall–Kier alpha value is -1.88. The number of likely N-dealkylation sites (tertiary alicyclic amines) is 2. The summed E-state index contributed by atoms with van der Waals surface area (Å²) in [5.74, 6) is -0.957. The van der Waals surface area contributed by atoms with Crippen LogP contribution in [0, 0.1) is 0 Å². The van der Waals surface area contributed by atoms with Gasteiger partial charge in [0.25, 0.3) is 0 Å². The van der Waals surface area contributed by atoms with E-state index in [0.29, 0.717) is 13.1 Å². The largest absolute Gasteiger partial charge is 0.395 e. The Morgan fingerprint density at radius 3 is 1.40 bits per heavy atom. The maximum absolute atomic E-state index is 12.0. The van der Waals surface area contributed by atoms with E-state index in [1.807, 2.05) is 0 Å². The van der Waals surface area contributed by atoms with Crippen molar-refractivity contribution in [2.75, 3.05) is 39.4 Å². The maximum Gasteiger partial charge on any atom is 0.246 e. The molecule has 2 unspecified atom stereocenters. The number of aliphatic hydroxyl groups excluding tert-OH is 2. The van der Waals surface area contributed by atoms with E-state index in [2.05, 4.69) is 10.6 Å². The first-order chi connectivity index (χ1) is 14.5. The highest BCUT2D eigenvalue weighted by atomic mass is 16.3. The van der Waals surface area contributed by atoms with Gasteiger partial charge in [-0.2, -0.15) is 0 Å². The van der Waals surface area contributed by atoms with Crippen molar-refractivity contribution in [1.29, 1.82) is 0 Å². The Bertz CT molecular complexity index is 562. The number of β-amino-alcohol motifs (C(OH)–C–C–N with tert-alkyl or cyclic N) is 2. The molecule has 0 aromatic heterocycles. The normalized spacial score (nSPS) is 22.1. The van der Waals surface area contributed by atoms with Gasteiger partial charge in [-0.25, -0.2) is 0 Å². The van der Waals surface area contributed by atoms with Crippen LogP contribution in [0.25, 0.3) is 0 Å². The summed E-state index contributed by atoms with van der Waals surface area (Å²) < 4.78 is 0. The zero-order chi connectivity index (χ0) is 21.9. The lowest BCUT2D eigenvalue weighted by Gasteiger charge is -2.14. The number of hydrogen-bond acceptors (Lipinski definition) is 8. The maximum atomic E-state index is 12.0. The number of hydrogen-bond donors (Lipinski definition) is 4. The first-order valence-corrected chi connectivity index (χ1v) is 10.9. The molecule has 0 saturated carbocycles. The molecule has 0 radical (unpaired) electrons. The number of nitrogens with zero attached hydrogens (tertiary/aromatic N) is 2. The monoisotopic (exact) mass is 426 g/mol. The van der Waals surface area contributed by atoms with Gasteiger partial charge in [-0.3, -0.25) is 29.0 Å². The predicted octanol–water partition coefficient (Wildman–Crippen LogP) is -1.25. The highest BCUT2D eigenvalue weighted by Gasteiger charge is 2.38. The number of rotatable bonds is 15. The molecule has 0 aromatic rings. The van der Waals surface area contributed by atoms with E-state index in [1.165, 1.54) is 0 Å². The molecule has 0 aromatic carbocycles. The minimum absolute atomic E-state index is 0.0663. The SMILES string of the molecule is O=C1CC(NCCCCCCCCNC2CC(=O)N(CCO)C2=O)C(=O)N1CCO. The van der Waals surface area contributed by atoms with Crippen molar-refractivity contribution in [2.45, 2.75) is 63.5 Å². The van der Waals surface area contributed by atoms with Gasteiger partial charge in [0.1, 0.15) is 0 Å². The minimum Gasteiger partial charge on any atom is -0.395 e. The second-order valence-electron chi connectivity index (χ2n) is 7.76. The van der Waals surface area contributed by atoms with Crippen LogP contribution in [-0.2, 0) is 19.2 Å². The number of imide groups is 2. The smallest absolute Gasteiger partial charge is 0.246 e. The third-order valence-corrected chi connectivity index (χ3v) is 5.52. The van der Waals surface area contributed by atoms with Gasteiger partial charge in [-0.15, -0.1) is 0 Å². The molecular weight excluding hydrogens is 392 g/mol. The third-order valence-electron chi connectivity index (χ3n) is 5.52. The van der Waals surface area contributed by atoms with E-state index in [0.717, 1.165) is 48.3 Å². The summed E-state index contributed by atoms with van der Waals surface area (Å²) in [7, 11) is 0. The van der Waals surface area contributed by atoms with E-state index in [1.54, 1.807) is 0 Å². The quantitative estimate of drug-likeness (QED) is 0.188. The predicted molar refractivity (Wildman–Crippen MR) is 108 cm³/mol. The van der Waals surface area contributed by atoms with Crippen LogP contribution < -0.4 is 10.6 Å². The van der Waals surface area contributed by atoms with Gasteiger partial charge in [-0.1, -0.05) is 25.7 Å². The summed E-state index contributed by atoms with van der Waals surface area (Å²) in [6.07, 6.45) is 6.38. The van der Waals surface area contributed by atoms with Gasteiger partial charge in [-0.05, 0) is 25.9 Å². The van der Waals surface area contributed by atoms with Crippen LogP contribution in [0.15, 0.2) is 0 Å². The standard InChI is InChI=1S/C20H34N4O6/c25-11-9-23-17(27)13-15(19(23)29)21-7-5-3-1-2-4-6-8-22-16-14-18(28)24(10-12-26)20(16)30/h15-16,21-22,25-26H,1-14H2. The van der Waals surface area contributed by atoms with Crippen LogP contribution in [0.1, 0.15) is 51.4 Å². The molecule has 2 aliphatic rings. The molecular formula is C20H34N4O6. The van der Waals surface area contributed by atoms with Crippen LogP contribution in [0.3, 0.4) is 0 Å². The number of unbranched alkanes of at least 4 members (excludes halogenated alkanes) is 5. The Morgan fingerprint density at radius 2 is 1.03 bits per heavy atom. The zero-order valence-corrected chi connectivity index (χ0v) is 17.5. The van der Waals surface area contributed by atoms with Crippen LogP contribution in [-0.4, -0.2) is 95.1 Å². The number of aliphatic hydroxyl groups is 2. The lowest BCUT2D eigenvalue weighted by atomic mass is 10.1. The fourth-order valence-corrected chi connectivity index (χ4v) is 3.86. The van der Waals surface area contributed by atoms with Gasteiger partial charge in [0, 0.05) is 0 Å². The van der Waals surface area contributed by atoms with Crippen LogP contribution in [0.2, 0.25) is 0 Å². The Balaban J connectivity index is 1.45. The van der Waals surface area contributed by atoms with Crippen molar-refractivity contribution < 1.29 is 29.4 Å². The second kappa shape index (κ2) is 12.7. The zero-order valence-electron chi connectivity index (χ0n) is 17.5. The van der Waals surface area contributed by atoms with Crippen molar-refractivity contribution in [3.8, 4) is 0 Å². The van der Waals surface area contributed by atoms with Crippen LogP contribution >= 0.6 is 0 Å². The molecule has 2 aliphatic heterocycles. The molecule has 4 N–H and O–H groups in total. The van der Waals surface area contributed by atoms with Gasteiger partial charge in [0.2, 0.25) is 23.6 Å². The Kier molecular flexibility index (Phi) is 10.4. The number of carbonyl (C=O) groups is 4. The minimum atomic E-state index is -0.464. The average Bonchev–Trinajstić information content (AvgIpc) is 3.14. The molecule has 2 heterocycles. The summed E-state index contributed by atoms with van der Waals surface area (Å²) >= 11 is 0. The van der Waals surface area contributed by atoms with E-state index in [-0.39, 0.29) is 62.8 Å². The second-order valence-corrected chi connectivity index (χ2v) is 7.76. The molecule has 4 amide bonds. The molecule has 0 spiro atoms.